The van der Waals surface area contributed by atoms with Gasteiger partial charge in [-0.1, -0.05) is 0 Å². The molecule has 2 rings (SSSR count). The molecule has 0 atom stereocenters. The highest BCUT2D eigenvalue weighted by atomic mass is 32.1. The van der Waals surface area contributed by atoms with Crippen molar-refractivity contribution in [2.75, 3.05) is 26.9 Å². The summed E-state index contributed by atoms with van der Waals surface area (Å²) in [5.41, 5.74) is 0.0204. The van der Waals surface area contributed by atoms with Crippen LogP contribution in [-0.2, 0) is 15.0 Å². The third-order valence-electron chi connectivity index (χ3n) is 3.17. The van der Waals surface area contributed by atoms with Crippen LogP contribution in [0, 0.1) is 0 Å². The molecule has 0 saturated heterocycles. The van der Waals surface area contributed by atoms with E-state index in [0.717, 1.165) is 32.6 Å². The van der Waals surface area contributed by atoms with Gasteiger partial charge in [0.25, 0.3) is 0 Å². The fourth-order valence-electron chi connectivity index (χ4n) is 2.32. The van der Waals surface area contributed by atoms with Crippen LogP contribution in [-0.4, -0.2) is 38.0 Å². The zero-order valence-electron chi connectivity index (χ0n) is 10.4. The van der Waals surface area contributed by atoms with E-state index in [2.05, 4.69) is 10.3 Å². The molecule has 0 radical (unpaired) electrons. The van der Waals surface area contributed by atoms with Crippen LogP contribution in [0.25, 0.3) is 0 Å². The maximum Gasteiger partial charge on any atom is 0.113 e. The molecule has 0 unspecified atom stereocenters. The summed E-state index contributed by atoms with van der Waals surface area (Å²) in [5, 5.41) is 6.77. The molecular weight excluding hydrogens is 236 g/mol. The molecule has 5 heteroatoms. The van der Waals surface area contributed by atoms with Crippen LogP contribution >= 0.6 is 11.3 Å². The van der Waals surface area contributed by atoms with E-state index in [0.29, 0.717) is 6.10 Å². The van der Waals surface area contributed by atoms with Crippen molar-refractivity contribution in [3.8, 4) is 0 Å². The van der Waals surface area contributed by atoms with Gasteiger partial charge in [0.1, 0.15) is 5.01 Å². The van der Waals surface area contributed by atoms with E-state index in [-0.39, 0.29) is 5.54 Å². The van der Waals surface area contributed by atoms with Crippen molar-refractivity contribution < 1.29 is 9.47 Å². The maximum absolute atomic E-state index is 5.64. The number of nitrogens with zero attached hydrogens (tertiary/aromatic N) is 1. The van der Waals surface area contributed by atoms with Crippen LogP contribution < -0.4 is 5.32 Å². The Morgan fingerprint density at radius 1 is 1.59 bits per heavy atom. The molecule has 0 aromatic carbocycles. The second-order valence-electron chi connectivity index (χ2n) is 4.32. The van der Waals surface area contributed by atoms with Crippen LogP contribution in [0.1, 0.15) is 24.8 Å². The Balaban J connectivity index is 1.95. The molecule has 0 aliphatic heterocycles. The second kappa shape index (κ2) is 5.91. The third kappa shape index (κ3) is 2.85. The SMILES string of the molecule is CCOC1CC(NCCOC)(c2nccs2)C1. The van der Waals surface area contributed by atoms with E-state index in [9.17, 15) is 0 Å². The van der Waals surface area contributed by atoms with Crippen LogP contribution in [0.4, 0.5) is 0 Å². The zero-order valence-corrected chi connectivity index (χ0v) is 11.3. The van der Waals surface area contributed by atoms with E-state index in [1.807, 2.05) is 18.5 Å². The van der Waals surface area contributed by atoms with Gasteiger partial charge in [-0.15, -0.1) is 11.3 Å². The van der Waals surface area contributed by atoms with Crippen molar-refractivity contribution in [3.05, 3.63) is 16.6 Å². The molecule has 1 heterocycles. The van der Waals surface area contributed by atoms with Crippen LogP contribution in [0.5, 0.6) is 0 Å². The van der Waals surface area contributed by atoms with Crippen molar-refractivity contribution >= 4 is 11.3 Å². The molecule has 0 bridgehead atoms. The molecule has 1 fully saturated rings. The number of ether oxygens (including phenoxy) is 2. The van der Waals surface area contributed by atoms with Crippen LogP contribution in [0.15, 0.2) is 11.6 Å². The Labute approximate surface area is 106 Å². The lowest BCUT2D eigenvalue weighted by Crippen LogP contribution is -2.56. The molecule has 1 aliphatic rings. The van der Waals surface area contributed by atoms with E-state index in [1.54, 1.807) is 18.4 Å². The fourth-order valence-corrected chi connectivity index (χ4v) is 3.15. The number of hydrogen-bond donors (Lipinski definition) is 1. The number of thiazole rings is 1. The lowest BCUT2D eigenvalue weighted by atomic mass is 9.74. The van der Waals surface area contributed by atoms with Gasteiger partial charge >= 0.3 is 0 Å². The van der Waals surface area contributed by atoms with Gasteiger partial charge in [-0.2, -0.15) is 0 Å². The van der Waals surface area contributed by atoms with Gasteiger partial charge in [-0.05, 0) is 19.8 Å². The maximum atomic E-state index is 5.64. The highest BCUT2D eigenvalue weighted by Gasteiger charge is 2.47. The van der Waals surface area contributed by atoms with Crippen molar-refractivity contribution in [1.29, 1.82) is 0 Å². The normalized spacial score (nSPS) is 28.0. The predicted molar refractivity (Wildman–Crippen MR) is 68.3 cm³/mol. The minimum Gasteiger partial charge on any atom is -0.383 e. The molecule has 1 aliphatic carbocycles. The summed E-state index contributed by atoms with van der Waals surface area (Å²) in [6, 6.07) is 0. The standard InChI is InChI=1S/C12H20N2O2S/c1-3-16-10-8-12(9-10,14-4-6-15-2)11-13-5-7-17-11/h5,7,10,14H,3-4,6,8-9H2,1-2H3. The minimum absolute atomic E-state index is 0.0204. The average molecular weight is 256 g/mol. The first kappa shape index (κ1) is 13.0. The molecule has 1 N–H and O–H groups in total. The first-order valence-corrected chi connectivity index (χ1v) is 6.94. The summed E-state index contributed by atoms with van der Waals surface area (Å²) in [6.45, 7) is 4.42. The third-order valence-corrected chi connectivity index (χ3v) is 4.14. The van der Waals surface area contributed by atoms with Crippen LogP contribution in [0.3, 0.4) is 0 Å². The largest absolute Gasteiger partial charge is 0.383 e. The quantitative estimate of drug-likeness (QED) is 0.755. The summed E-state index contributed by atoms with van der Waals surface area (Å²) < 4.78 is 10.7. The Hall–Kier alpha value is -0.490. The lowest BCUT2D eigenvalue weighted by Gasteiger charge is -2.46. The van der Waals surface area contributed by atoms with Crippen LogP contribution in [0.2, 0.25) is 0 Å². The zero-order chi connectivity index (χ0) is 12.1. The van der Waals surface area contributed by atoms with Crippen molar-refractivity contribution in [3.63, 3.8) is 0 Å². The summed E-state index contributed by atoms with van der Waals surface area (Å²) in [4.78, 5) is 4.44. The summed E-state index contributed by atoms with van der Waals surface area (Å²) in [6.07, 6.45) is 4.27. The van der Waals surface area contributed by atoms with Gasteiger partial charge in [0, 0.05) is 31.8 Å². The minimum atomic E-state index is 0.0204. The summed E-state index contributed by atoms with van der Waals surface area (Å²) in [7, 11) is 1.72. The van der Waals surface area contributed by atoms with Crippen molar-refractivity contribution in [2.45, 2.75) is 31.4 Å². The van der Waals surface area contributed by atoms with Gasteiger partial charge in [-0.3, -0.25) is 0 Å². The number of aromatic nitrogens is 1. The molecule has 17 heavy (non-hydrogen) atoms. The van der Waals surface area contributed by atoms with E-state index < -0.39 is 0 Å². The number of nitrogens with one attached hydrogen (secondary N) is 1. The van der Waals surface area contributed by atoms with Crippen molar-refractivity contribution in [1.82, 2.24) is 10.3 Å². The van der Waals surface area contributed by atoms with Crippen molar-refractivity contribution in [2.24, 2.45) is 0 Å². The number of methoxy groups -OCH3 is 1. The van der Waals surface area contributed by atoms with E-state index in [1.165, 1.54) is 5.01 Å². The van der Waals surface area contributed by atoms with E-state index >= 15 is 0 Å². The van der Waals surface area contributed by atoms with Gasteiger partial charge in [0.15, 0.2) is 0 Å². The molecular formula is C12H20N2O2S. The highest BCUT2D eigenvalue weighted by molar-refractivity contribution is 7.09. The predicted octanol–water partition coefficient (Wildman–Crippen LogP) is 1.77. The average Bonchev–Trinajstić information content (AvgIpc) is 2.79. The number of hydrogen-bond acceptors (Lipinski definition) is 5. The topological polar surface area (TPSA) is 43.4 Å². The van der Waals surface area contributed by atoms with Gasteiger partial charge in [-0.25, -0.2) is 4.98 Å². The molecule has 1 aromatic rings. The monoisotopic (exact) mass is 256 g/mol. The molecule has 4 nitrogen and oxygen atoms in total. The smallest absolute Gasteiger partial charge is 0.113 e. The summed E-state index contributed by atoms with van der Waals surface area (Å²) >= 11 is 1.71. The second-order valence-corrected chi connectivity index (χ2v) is 5.22. The Bertz CT molecular complexity index is 318. The highest BCUT2D eigenvalue weighted by Crippen LogP contribution is 2.43. The molecule has 0 spiro atoms. The molecule has 1 aromatic heterocycles. The summed E-state index contributed by atoms with van der Waals surface area (Å²) in [5.74, 6) is 0. The fraction of sp³-hybridized carbons (Fsp3) is 0.750. The Morgan fingerprint density at radius 3 is 3.00 bits per heavy atom. The Morgan fingerprint density at radius 2 is 2.41 bits per heavy atom. The van der Waals surface area contributed by atoms with E-state index in [4.69, 9.17) is 9.47 Å². The Kier molecular flexibility index (Phi) is 4.50. The van der Waals surface area contributed by atoms with Gasteiger partial charge in [0.05, 0.1) is 18.2 Å². The first-order chi connectivity index (χ1) is 8.30. The molecule has 1 saturated carbocycles. The molecule has 96 valence electrons. The lowest BCUT2D eigenvalue weighted by molar-refractivity contribution is -0.0550. The molecule has 0 amide bonds. The first-order valence-electron chi connectivity index (χ1n) is 6.06. The van der Waals surface area contributed by atoms with Gasteiger partial charge < -0.3 is 14.8 Å². The van der Waals surface area contributed by atoms with Gasteiger partial charge in [0.2, 0.25) is 0 Å². The number of rotatable bonds is 7.